The molecule has 0 atom stereocenters. The van der Waals surface area contributed by atoms with E-state index < -0.39 is 0 Å². The molecule has 132 valence electrons. The molecule has 5 aromatic rings. The van der Waals surface area contributed by atoms with Crippen LogP contribution in [0.3, 0.4) is 0 Å². The van der Waals surface area contributed by atoms with Crippen LogP contribution in [0.1, 0.15) is 12.5 Å². The molecular formula is C23H17NO3. The lowest BCUT2D eigenvalue weighted by Crippen LogP contribution is -2.00. The molecule has 0 unspecified atom stereocenters. The number of fused-ring (bicyclic) bond motifs is 2. The van der Waals surface area contributed by atoms with E-state index in [1.165, 1.54) is 11.6 Å². The van der Waals surface area contributed by atoms with Gasteiger partial charge in [-0.05, 0) is 48.4 Å². The molecule has 4 nitrogen and oxygen atoms in total. The minimum Gasteiger partial charge on any atom is -0.454 e. The quantitative estimate of drug-likeness (QED) is 0.398. The van der Waals surface area contributed by atoms with Gasteiger partial charge in [-0.1, -0.05) is 25.1 Å². The first-order valence-corrected chi connectivity index (χ1v) is 8.96. The van der Waals surface area contributed by atoms with E-state index in [0.717, 1.165) is 34.0 Å². The first-order valence-electron chi connectivity index (χ1n) is 8.96. The summed E-state index contributed by atoms with van der Waals surface area (Å²) in [4.78, 5) is 12.2. The fourth-order valence-electron chi connectivity index (χ4n) is 3.57. The highest BCUT2D eigenvalue weighted by molar-refractivity contribution is 6.00. The second-order valence-corrected chi connectivity index (χ2v) is 6.53. The van der Waals surface area contributed by atoms with Gasteiger partial charge in [-0.2, -0.15) is 0 Å². The summed E-state index contributed by atoms with van der Waals surface area (Å²) in [6, 6.07) is 19.3. The monoisotopic (exact) mass is 355 g/mol. The summed E-state index contributed by atoms with van der Waals surface area (Å²) in [5.41, 5.74) is 3.80. The topological polar surface area (TPSA) is 48.3 Å². The van der Waals surface area contributed by atoms with Crippen LogP contribution in [0.2, 0.25) is 0 Å². The van der Waals surface area contributed by atoms with E-state index in [1.54, 1.807) is 0 Å². The summed E-state index contributed by atoms with van der Waals surface area (Å²) in [5, 5.41) is 1.87. The van der Waals surface area contributed by atoms with E-state index in [4.69, 9.17) is 8.83 Å². The number of hydrogen-bond donors (Lipinski definition) is 0. The van der Waals surface area contributed by atoms with Crippen molar-refractivity contribution in [2.24, 2.45) is 0 Å². The highest BCUT2D eigenvalue weighted by Crippen LogP contribution is 2.39. The minimum atomic E-state index is -0.388. The van der Waals surface area contributed by atoms with E-state index >= 15 is 0 Å². The van der Waals surface area contributed by atoms with E-state index in [2.05, 4.69) is 13.0 Å². The van der Waals surface area contributed by atoms with Crippen LogP contribution in [0.15, 0.2) is 86.7 Å². The zero-order valence-electron chi connectivity index (χ0n) is 14.8. The Balaban J connectivity index is 1.92. The van der Waals surface area contributed by atoms with E-state index in [9.17, 15) is 4.79 Å². The van der Waals surface area contributed by atoms with Crippen molar-refractivity contribution in [3.8, 4) is 17.0 Å². The largest absolute Gasteiger partial charge is 0.454 e. The summed E-state index contributed by atoms with van der Waals surface area (Å²) in [7, 11) is 0. The Morgan fingerprint density at radius 1 is 0.852 bits per heavy atom. The van der Waals surface area contributed by atoms with Crippen LogP contribution >= 0.6 is 0 Å². The van der Waals surface area contributed by atoms with Crippen LogP contribution < -0.4 is 5.63 Å². The summed E-state index contributed by atoms with van der Waals surface area (Å²) >= 11 is 0. The minimum absolute atomic E-state index is 0.388. The number of benzene rings is 2. The molecule has 0 spiro atoms. The van der Waals surface area contributed by atoms with Crippen LogP contribution in [-0.4, -0.2) is 4.57 Å². The molecule has 5 rings (SSSR count). The first-order chi connectivity index (χ1) is 13.2. The molecule has 4 heteroatoms. The zero-order valence-corrected chi connectivity index (χ0v) is 14.8. The van der Waals surface area contributed by atoms with Crippen molar-refractivity contribution in [3.63, 3.8) is 0 Å². The number of aromatic nitrogens is 1. The number of rotatable bonds is 3. The third-order valence-corrected chi connectivity index (χ3v) is 4.89. The van der Waals surface area contributed by atoms with Gasteiger partial charge >= 0.3 is 5.63 Å². The first kappa shape index (κ1) is 15.7. The van der Waals surface area contributed by atoms with Crippen molar-refractivity contribution >= 4 is 21.9 Å². The van der Waals surface area contributed by atoms with Gasteiger partial charge in [0.1, 0.15) is 11.2 Å². The van der Waals surface area contributed by atoms with Crippen molar-refractivity contribution in [2.45, 2.75) is 13.3 Å². The molecule has 0 amide bonds. The molecule has 0 aliphatic carbocycles. The Labute approximate surface area is 155 Å². The van der Waals surface area contributed by atoms with Crippen molar-refractivity contribution in [1.29, 1.82) is 0 Å². The predicted molar refractivity (Wildman–Crippen MR) is 106 cm³/mol. The average molecular weight is 355 g/mol. The summed E-state index contributed by atoms with van der Waals surface area (Å²) in [6.45, 7) is 2.10. The fraction of sp³-hybridized carbons (Fsp3) is 0.0870. The molecule has 0 aliphatic rings. The molecule has 0 N–H and O–H groups in total. The van der Waals surface area contributed by atoms with Gasteiger partial charge in [-0.3, -0.25) is 0 Å². The predicted octanol–water partition coefficient (Wildman–Crippen LogP) is 5.56. The van der Waals surface area contributed by atoms with Crippen LogP contribution in [0, 0.1) is 0 Å². The van der Waals surface area contributed by atoms with Crippen molar-refractivity contribution in [3.05, 3.63) is 89.0 Å². The molecule has 0 aliphatic heterocycles. The Hall–Kier alpha value is -3.53. The molecule has 3 heterocycles. The van der Waals surface area contributed by atoms with Gasteiger partial charge in [0.2, 0.25) is 0 Å². The Morgan fingerprint density at radius 2 is 1.63 bits per heavy atom. The maximum absolute atomic E-state index is 12.2. The lowest BCUT2D eigenvalue weighted by Gasteiger charge is -2.08. The average Bonchev–Trinajstić information content (AvgIpc) is 3.34. The Morgan fingerprint density at radius 3 is 2.44 bits per heavy atom. The van der Waals surface area contributed by atoms with Crippen LogP contribution in [0.5, 0.6) is 0 Å². The van der Waals surface area contributed by atoms with Crippen LogP contribution in [0.25, 0.3) is 38.9 Å². The van der Waals surface area contributed by atoms with Gasteiger partial charge < -0.3 is 13.4 Å². The fourth-order valence-corrected chi connectivity index (χ4v) is 3.57. The second-order valence-electron chi connectivity index (χ2n) is 6.53. The SMILES string of the molecule is CCc1ccc2oc(=O)cc(-c3oc4ccccc4c3-n3cccc3)c2c1. The van der Waals surface area contributed by atoms with Crippen molar-refractivity contribution < 1.29 is 8.83 Å². The molecular weight excluding hydrogens is 338 g/mol. The standard InChI is InChI=1S/C23H17NO3/c1-2-15-9-10-20-17(13-15)18(14-21(25)26-20)23-22(24-11-5-6-12-24)16-7-3-4-8-19(16)27-23/h3-14H,2H2,1H3. The van der Waals surface area contributed by atoms with Crippen LogP contribution in [-0.2, 0) is 6.42 Å². The lowest BCUT2D eigenvalue weighted by atomic mass is 10.0. The van der Waals surface area contributed by atoms with Gasteiger partial charge in [0, 0.05) is 34.8 Å². The highest BCUT2D eigenvalue weighted by Gasteiger charge is 2.20. The number of hydrogen-bond acceptors (Lipinski definition) is 3. The third kappa shape index (κ3) is 2.49. The van der Waals surface area contributed by atoms with Crippen molar-refractivity contribution in [2.75, 3.05) is 0 Å². The highest BCUT2D eigenvalue weighted by atomic mass is 16.4. The van der Waals surface area contributed by atoms with Crippen LogP contribution in [0.4, 0.5) is 0 Å². The number of para-hydroxylation sites is 1. The maximum atomic E-state index is 12.2. The van der Waals surface area contributed by atoms with Gasteiger partial charge in [0.15, 0.2) is 5.76 Å². The van der Waals surface area contributed by atoms with Crippen molar-refractivity contribution in [1.82, 2.24) is 4.57 Å². The summed E-state index contributed by atoms with van der Waals surface area (Å²) < 4.78 is 13.7. The normalized spacial score (nSPS) is 11.4. The zero-order chi connectivity index (χ0) is 18.4. The molecule has 27 heavy (non-hydrogen) atoms. The summed E-state index contributed by atoms with van der Waals surface area (Å²) in [6.07, 6.45) is 4.86. The maximum Gasteiger partial charge on any atom is 0.336 e. The third-order valence-electron chi connectivity index (χ3n) is 4.89. The molecule has 0 radical (unpaired) electrons. The Bertz CT molecular complexity index is 1320. The molecule has 2 aromatic carbocycles. The molecule has 0 bridgehead atoms. The molecule has 0 saturated carbocycles. The van der Waals surface area contributed by atoms with Gasteiger partial charge in [-0.15, -0.1) is 0 Å². The smallest absolute Gasteiger partial charge is 0.336 e. The van der Waals surface area contributed by atoms with E-state index in [1.807, 2.05) is 65.5 Å². The Kier molecular flexibility index (Phi) is 3.50. The molecule has 0 saturated heterocycles. The second kappa shape index (κ2) is 6.02. The number of aryl methyl sites for hydroxylation is 1. The van der Waals surface area contributed by atoms with E-state index in [0.29, 0.717) is 11.3 Å². The molecule has 0 fully saturated rings. The van der Waals surface area contributed by atoms with Gasteiger partial charge in [0.25, 0.3) is 0 Å². The molecule has 3 aromatic heterocycles. The van der Waals surface area contributed by atoms with Gasteiger partial charge in [0.05, 0.1) is 5.69 Å². The van der Waals surface area contributed by atoms with Gasteiger partial charge in [-0.25, -0.2) is 4.79 Å². The summed E-state index contributed by atoms with van der Waals surface area (Å²) in [5.74, 6) is 0.665. The van der Waals surface area contributed by atoms with E-state index in [-0.39, 0.29) is 5.63 Å². The number of nitrogens with zero attached hydrogens (tertiary/aromatic N) is 1. The number of furan rings is 1. The lowest BCUT2D eigenvalue weighted by molar-refractivity contribution is 0.559.